The number of benzene rings is 1. The van der Waals surface area contributed by atoms with Gasteiger partial charge in [0.05, 0.1) is 18.2 Å². The Hall–Kier alpha value is -2.88. The minimum absolute atomic E-state index is 0.0203. The van der Waals surface area contributed by atoms with Crippen LogP contribution in [0.5, 0.6) is 0 Å². The number of fused-ring (bicyclic) bond motifs is 1. The van der Waals surface area contributed by atoms with E-state index in [1.165, 1.54) is 7.11 Å². The number of hydrogen-bond acceptors (Lipinski definition) is 5. The van der Waals surface area contributed by atoms with Gasteiger partial charge < -0.3 is 10.1 Å². The number of amides is 1. The van der Waals surface area contributed by atoms with Gasteiger partial charge in [0.25, 0.3) is 5.84 Å². The van der Waals surface area contributed by atoms with Crippen molar-refractivity contribution in [3.05, 3.63) is 51.9 Å². The molecule has 3 N–H and O–H groups in total. The zero-order valence-corrected chi connectivity index (χ0v) is 17.5. The average molecular weight is 452 g/mol. The third-order valence-corrected chi connectivity index (χ3v) is 6.70. The second-order valence-corrected chi connectivity index (χ2v) is 8.56. The fourth-order valence-electron chi connectivity index (χ4n) is 3.91. The third kappa shape index (κ3) is 3.69. The maximum absolute atomic E-state index is 14.3. The number of carbonyl (C=O) groups is 2. The molecule has 2 aromatic rings. The van der Waals surface area contributed by atoms with E-state index in [1.807, 2.05) is 0 Å². The maximum Gasteiger partial charge on any atom is 0.465 e. The fourth-order valence-corrected chi connectivity index (χ4v) is 5.24. The Bertz CT molecular complexity index is 1050. The van der Waals surface area contributed by atoms with E-state index in [0.29, 0.717) is 24.0 Å². The highest BCUT2D eigenvalue weighted by atomic mass is 32.1. The number of carbonyl (C=O) groups excluding carboxylic acids is 2. The molecule has 1 amide bonds. The zero-order valence-electron chi connectivity index (χ0n) is 16.7. The number of nitrogens with one attached hydrogen (secondary N) is 3. The van der Waals surface area contributed by atoms with Crippen LogP contribution in [-0.2, 0) is 22.4 Å². The summed E-state index contributed by atoms with van der Waals surface area (Å²) in [6, 6.07) is 8.20. The van der Waals surface area contributed by atoms with Crippen molar-refractivity contribution in [2.45, 2.75) is 43.9 Å². The minimum Gasteiger partial charge on any atom is -0.465 e. The molecule has 0 saturated carbocycles. The monoisotopic (exact) mass is 452 g/mol. The molecule has 164 valence electrons. The molecule has 0 fully saturated rings. The van der Waals surface area contributed by atoms with E-state index in [1.54, 1.807) is 30.3 Å². The highest BCUT2D eigenvalue weighted by Crippen LogP contribution is 2.41. The first-order valence-electron chi connectivity index (χ1n) is 9.86. The first-order valence-corrected chi connectivity index (χ1v) is 10.7. The Labute approximate surface area is 180 Å². The van der Waals surface area contributed by atoms with E-state index < -0.39 is 23.7 Å². The molecule has 31 heavy (non-hydrogen) atoms. The van der Waals surface area contributed by atoms with Gasteiger partial charge in [-0.1, -0.05) is 24.6 Å². The van der Waals surface area contributed by atoms with Crippen molar-refractivity contribution in [3.8, 4) is 0 Å². The highest BCUT2D eigenvalue weighted by molar-refractivity contribution is 7.16. The van der Waals surface area contributed by atoms with E-state index in [0.717, 1.165) is 35.5 Å². The van der Waals surface area contributed by atoms with E-state index in [2.05, 4.69) is 15.6 Å². The molecule has 1 aromatic carbocycles. The van der Waals surface area contributed by atoms with Crippen molar-refractivity contribution in [2.24, 2.45) is 0 Å². The van der Waals surface area contributed by atoms with Crippen LogP contribution in [0.15, 0.2) is 30.3 Å². The van der Waals surface area contributed by atoms with Crippen molar-refractivity contribution >= 4 is 34.0 Å². The lowest BCUT2D eigenvalue weighted by atomic mass is 10.0. The molecule has 0 saturated heterocycles. The zero-order chi connectivity index (χ0) is 22.2. The Balaban J connectivity index is 1.83. The van der Waals surface area contributed by atoms with Crippen LogP contribution in [0.2, 0.25) is 0 Å². The van der Waals surface area contributed by atoms with Crippen LogP contribution in [0.1, 0.15) is 45.6 Å². The van der Waals surface area contributed by atoms with Crippen molar-refractivity contribution in [1.82, 2.24) is 5.32 Å². The summed E-state index contributed by atoms with van der Waals surface area (Å²) < 4.78 is 47.7. The molecule has 10 heteroatoms. The lowest BCUT2D eigenvalue weighted by Gasteiger charge is -2.24. The molecule has 2 aliphatic rings. The van der Waals surface area contributed by atoms with Crippen LogP contribution in [0.4, 0.5) is 18.2 Å². The Kier molecular flexibility index (Phi) is 5.50. The second-order valence-electron chi connectivity index (χ2n) is 7.45. The number of alkyl halides is 3. The quantitative estimate of drug-likeness (QED) is 0.491. The minimum atomic E-state index is -5.00. The number of anilines is 1. The largest absolute Gasteiger partial charge is 0.465 e. The van der Waals surface area contributed by atoms with Gasteiger partial charge >= 0.3 is 23.7 Å². The fraction of sp³-hybridized carbons (Fsp3) is 0.381. The summed E-state index contributed by atoms with van der Waals surface area (Å²) in [5.74, 6) is -2.07. The van der Waals surface area contributed by atoms with Gasteiger partial charge in [0.1, 0.15) is 5.00 Å². The van der Waals surface area contributed by atoms with Gasteiger partial charge in [0.15, 0.2) is 0 Å². The predicted octanol–water partition coefficient (Wildman–Crippen LogP) is 2.13. The molecule has 1 aromatic heterocycles. The van der Waals surface area contributed by atoms with Crippen molar-refractivity contribution < 1.29 is 32.5 Å². The van der Waals surface area contributed by atoms with E-state index in [4.69, 9.17) is 4.74 Å². The number of amidine groups is 1. The van der Waals surface area contributed by atoms with Crippen molar-refractivity contribution in [1.29, 1.82) is 0 Å². The first-order chi connectivity index (χ1) is 14.8. The van der Waals surface area contributed by atoms with Crippen LogP contribution < -0.4 is 15.6 Å². The maximum atomic E-state index is 14.3. The van der Waals surface area contributed by atoms with Gasteiger partial charge in [-0.15, -0.1) is 11.3 Å². The number of thiophene rings is 1. The highest BCUT2D eigenvalue weighted by Gasteiger charge is 2.69. The molecular weight excluding hydrogens is 431 g/mol. The summed E-state index contributed by atoms with van der Waals surface area (Å²) in [4.78, 5) is 28.4. The molecule has 6 nitrogen and oxygen atoms in total. The van der Waals surface area contributed by atoms with Gasteiger partial charge in [-0.05, 0) is 43.4 Å². The molecule has 0 radical (unpaired) electrons. The van der Waals surface area contributed by atoms with E-state index >= 15 is 0 Å². The van der Waals surface area contributed by atoms with Crippen LogP contribution >= 0.6 is 11.3 Å². The number of methoxy groups -OCH3 is 1. The summed E-state index contributed by atoms with van der Waals surface area (Å²) in [5, 5.41) is 4.63. The molecule has 1 aliphatic carbocycles. The Morgan fingerprint density at radius 3 is 2.58 bits per heavy atom. The van der Waals surface area contributed by atoms with Gasteiger partial charge in [0.2, 0.25) is 0 Å². The summed E-state index contributed by atoms with van der Waals surface area (Å²) in [5.41, 5.74) is -1.93. The topological polar surface area (TPSA) is 81.4 Å². The van der Waals surface area contributed by atoms with E-state index in [-0.39, 0.29) is 16.4 Å². The lowest BCUT2D eigenvalue weighted by Crippen LogP contribution is -2.94. The van der Waals surface area contributed by atoms with Crippen LogP contribution in [0.25, 0.3) is 0 Å². The summed E-state index contributed by atoms with van der Waals surface area (Å²) in [6.07, 6.45) is -1.03. The normalized spacial score (nSPS) is 21.0. The van der Waals surface area contributed by atoms with Gasteiger partial charge in [0, 0.05) is 4.88 Å². The third-order valence-electron chi connectivity index (χ3n) is 5.49. The summed E-state index contributed by atoms with van der Waals surface area (Å²) in [6.45, 7) is 0. The molecule has 1 aliphatic heterocycles. The standard InChI is InChI=1S/C21H20F3N3O3S/c1-30-18(28)15-13-10-6-3-7-11-14(13)31-17(15)27-20(21(22,23)24)19(29)25-16(26-20)12-8-4-2-5-9-12/h2,4-5,8-9,27H,3,6-7,10-11H2,1H3,(H,25,26,29)/p+1/t20-/m1/s1. The molecule has 0 unspecified atom stereocenters. The van der Waals surface area contributed by atoms with E-state index in [9.17, 15) is 22.8 Å². The Morgan fingerprint density at radius 1 is 1.19 bits per heavy atom. The molecule has 4 rings (SSSR count). The molecular formula is C21H21F3N3O3S+. The predicted molar refractivity (Wildman–Crippen MR) is 109 cm³/mol. The van der Waals surface area contributed by atoms with Gasteiger partial charge in [-0.3, -0.25) is 0 Å². The van der Waals surface area contributed by atoms with Crippen molar-refractivity contribution in [2.75, 3.05) is 12.4 Å². The average Bonchev–Trinajstić information content (AvgIpc) is 3.16. The number of hydrogen-bond donors (Lipinski definition) is 3. The number of rotatable bonds is 4. The second kappa shape index (κ2) is 7.99. The summed E-state index contributed by atoms with van der Waals surface area (Å²) in [7, 11) is 1.19. The SMILES string of the molecule is COC(=O)c1c(N[C@]2(C(F)(F)F)[NH+]=C(c3ccccc3)NC2=O)sc2c1CCCCC2. The number of esters is 1. The number of halogens is 3. The van der Waals surface area contributed by atoms with Crippen LogP contribution in [0.3, 0.4) is 0 Å². The first kappa shape index (κ1) is 21.4. The van der Waals surface area contributed by atoms with Gasteiger partial charge in [-0.2, -0.15) is 13.2 Å². The van der Waals surface area contributed by atoms with Crippen LogP contribution in [-0.4, -0.2) is 36.7 Å². The van der Waals surface area contributed by atoms with Crippen molar-refractivity contribution in [3.63, 3.8) is 0 Å². The lowest BCUT2D eigenvalue weighted by molar-refractivity contribution is -0.566. The number of ether oxygens (including phenoxy) is 1. The Morgan fingerprint density at radius 2 is 1.90 bits per heavy atom. The van der Waals surface area contributed by atoms with Crippen LogP contribution in [0, 0.1) is 0 Å². The summed E-state index contributed by atoms with van der Waals surface area (Å²) >= 11 is 1.08. The smallest absolute Gasteiger partial charge is 0.465 e. The molecule has 0 spiro atoms. The molecule has 1 atom stereocenters. The molecule has 2 heterocycles. The molecule has 0 bridgehead atoms. The number of aryl methyl sites for hydroxylation is 1. The van der Waals surface area contributed by atoms with Gasteiger partial charge in [-0.25, -0.2) is 19.9 Å².